The van der Waals surface area contributed by atoms with E-state index in [9.17, 15) is 13.2 Å². The maximum Gasteiger partial charge on any atom is 0.207 e. The fourth-order valence-electron chi connectivity index (χ4n) is 2.15. The Labute approximate surface area is 125 Å². The van der Waals surface area contributed by atoms with Crippen molar-refractivity contribution in [3.05, 3.63) is 59.2 Å². The van der Waals surface area contributed by atoms with Crippen LogP contribution in [0.5, 0.6) is 0 Å². The number of sulfone groups is 1. The van der Waals surface area contributed by atoms with E-state index in [1.165, 1.54) is 5.57 Å². The van der Waals surface area contributed by atoms with E-state index >= 15 is 0 Å². The normalized spacial score (nSPS) is 15.0. The Bertz CT molecular complexity index is 691. The van der Waals surface area contributed by atoms with Gasteiger partial charge in [-0.2, -0.15) is 0 Å². The van der Waals surface area contributed by atoms with Crippen molar-refractivity contribution in [3.63, 3.8) is 0 Å². The second-order valence-electron chi connectivity index (χ2n) is 4.99. The molecule has 21 heavy (non-hydrogen) atoms. The summed E-state index contributed by atoms with van der Waals surface area (Å²) in [6.07, 6.45) is 7.33. The second kappa shape index (κ2) is 7.21. The second-order valence-corrected chi connectivity index (χ2v) is 6.79. The number of carbonyl (C=O) groups is 1. The molecular formula is C17H18O3S. The number of allylic oxidation sites excluding steroid dienone is 3. The molecule has 0 aromatic heterocycles. The van der Waals surface area contributed by atoms with Crippen LogP contribution < -0.4 is 0 Å². The Balaban J connectivity index is 1.91. The van der Waals surface area contributed by atoms with Gasteiger partial charge < -0.3 is 0 Å². The van der Waals surface area contributed by atoms with Gasteiger partial charge in [0.2, 0.25) is 9.84 Å². The average molecular weight is 302 g/mol. The zero-order chi connectivity index (χ0) is 15.1. The molecule has 0 radical (unpaired) electrons. The van der Waals surface area contributed by atoms with Crippen LogP contribution in [0.1, 0.15) is 32.1 Å². The van der Waals surface area contributed by atoms with Crippen LogP contribution in [-0.2, 0) is 14.6 Å². The van der Waals surface area contributed by atoms with E-state index in [1.54, 1.807) is 36.4 Å². The van der Waals surface area contributed by atoms with Gasteiger partial charge in [0.25, 0.3) is 0 Å². The minimum atomic E-state index is -3.40. The minimum absolute atomic E-state index is 0.277. The maximum absolute atomic E-state index is 11.9. The highest BCUT2D eigenvalue weighted by molar-refractivity contribution is 7.94. The van der Waals surface area contributed by atoms with Crippen molar-refractivity contribution in [1.82, 2.24) is 0 Å². The van der Waals surface area contributed by atoms with Gasteiger partial charge >= 0.3 is 0 Å². The molecule has 2 rings (SSSR count). The molecule has 0 aliphatic heterocycles. The maximum atomic E-state index is 11.9. The van der Waals surface area contributed by atoms with Crippen molar-refractivity contribution >= 4 is 15.6 Å². The van der Waals surface area contributed by atoms with E-state index in [0.29, 0.717) is 18.6 Å². The molecule has 0 saturated carbocycles. The van der Waals surface area contributed by atoms with Gasteiger partial charge in [-0.25, -0.2) is 8.42 Å². The van der Waals surface area contributed by atoms with Crippen LogP contribution in [0.3, 0.4) is 0 Å². The summed E-state index contributed by atoms with van der Waals surface area (Å²) in [6.45, 7) is 0. The predicted octanol–water partition coefficient (Wildman–Crippen LogP) is 3.59. The number of rotatable bonds is 5. The van der Waals surface area contributed by atoms with Gasteiger partial charge in [0, 0.05) is 12.8 Å². The first kappa shape index (κ1) is 15.5. The zero-order valence-corrected chi connectivity index (χ0v) is 12.6. The third-order valence-corrected chi connectivity index (χ3v) is 4.74. The number of benzene rings is 1. The fraction of sp³-hybridized carbons (Fsp3) is 0.294. The minimum Gasteiger partial charge on any atom is -0.299 e. The average Bonchev–Trinajstić information content (AvgIpc) is 2.50. The molecule has 0 amide bonds. The van der Waals surface area contributed by atoms with E-state index in [-0.39, 0.29) is 4.90 Å². The summed E-state index contributed by atoms with van der Waals surface area (Å²) in [7, 11) is -3.40. The van der Waals surface area contributed by atoms with E-state index in [4.69, 9.17) is 0 Å². The molecule has 0 unspecified atom stereocenters. The molecule has 0 bridgehead atoms. The molecule has 0 atom stereocenters. The Kier molecular flexibility index (Phi) is 5.32. The molecule has 0 N–H and O–H groups in total. The largest absolute Gasteiger partial charge is 0.299 e. The third kappa shape index (κ3) is 4.85. The highest BCUT2D eigenvalue weighted by Gasteiger charge is 2.09. The van der Waals surface area contributed by atoms with Gasteiger partial charge in [-0.3, -0.25) is 4.79 Å². The molecule has 4 heteroatoms. The van der Waals surface area contributed by atoms with Gasteiger partial charge in [-0.1, -0.05) is 29.8 Å². The van der Waals surface area contributed by atoms with Gasteiger partial charge in [-0.15, -0.1) is 5.73 Å². The summed E-state index contributed by atoms with van der Waals surface area (Å²) in [6, 6.07) is 8.30. The van der Waals surface area contributed by atoms with Gasteiger partial charge in [0.15, 0.2) is 0 Å². The van der Waals surface area contributed by atoms with Gasteiger partial charge in [0.1, 0.15) is 5.78 Å². The highest BCUT2D eigenvalue weighted by Crippen LogP contribution is 2.19. The van der Waals surface area contributed by atoms with E-state index in [1.807, 2.05) is 6.08 Å². The summed E-state index contributed by atoms with van der Waals surface area (Å²) >= 11 is 0. The number of carbonyl (C=O) groups excluding carboxylic acids is 1. The molecule has 1 aliphatic carbocycles. The molecule has 1 aromatic rings. The molecule has 1 aromatic carbocycles. The van der Waals surface area contributed by atoms with Crippen LogP contribution in [-0.4, -0.2) is 14.2 Å². The fourth-order valence-corrected chi connectivity index (χ4v) is 3.09. The molecule has 1 aliphatic rings. The Morgan fingerprint density at radius 2 is 1.90 bits per heavy atom. The Morgan fingerprint density at radius 3 is 2.57 bits per heavy atom. The SMILES string of the molecule is O=C1CC=C(CCC=C=CS(=O)(=O)c2ccccc2)CC1. The van der Waals surface area contributed by atoms with Gasteiger partial charge in [0.05, 0.1) is 10.3 Å². The summed E-state index contributed by atoms with van der Waals surface area (Å²) < 4.78 is 23.9. The van der Waals surface area contributed by atoms with Crippen molar-refractivity contribution < 1.29 is 13.2 Å². The first-order chi connectivity index (χ1) is 10.1. The quantitative estimate of drug-likeness (QED) is 0.617. The lowest BCUT2D eigenvalue weighted by atomic mass is 9.95. The smallest absolute Gasteiger partial charge is 0.207 e. The topological polar surface area (TPSA) is 51.2 Å². The standard InChI is InChI=1S/C17H18O3S/c18-16-12-10-15(11-13-16)7-3-2-6-14-21(19,20)17-8-4-1-5-9-17/h1-2,4-5,8-10,14H,3,7,11-13H2. The Morgan fingerprint density at radius 1 is 1.14 bits per heavy atom. The summed E-state index contributed by atoms with van der Waals surface area (Å²) in [5, 5.41) is 1.11. The molecule has 0 saturated heterocycles. The molecule has 110 valence electrons. The lowest BCUT2D eigenvalue weighted by Gasteiger charge is -2.10. The predicted molar refractivity (Wildman–Crippen MR) is 82.5 cm³/mol. The zero-order valence-electron chi connectivity index (χ0n) is 11.8. The van der Waals surface area contributed by atoms with E-state index in [2.05, 4.69) is 5.73 Å². The first-order valence-corrected chi connectivity index (χ1v) is 8.53. The number of ketones is 1. The molecule has 0 spiro atoms. The number of hydrogen-bond acceptors (Lipinski definition) is 3. The van der Waals surface area contributed by atoms with Crippen LogP contribution in [0, 0.1) is 0 Å². The molecular weight excluding hydrogens is 284 g/mol. The van der Waals surface area contributed by atoms with Crippen molar-refractivity contribution in [1.29, 1.82) is 0 Å². The van der Waals surface area contributed by atoms with Crippen LogP contribution in [0.15, 0.2) is 64.1 Å². The van der Waals surface area contributed by atoms with Crippen LogP contribution >= 0.6 is 0 Å². The monoisotopic (exact) mass is 302 g/mol. The van der Waals surface area contributed by atoms with E-state index < -0.39 is 9.84 Å². The molecule has 3 nitrogen and oxygen atoms in total. The van der Waals surface area contributed by atoms with E-state index in [0.717, 1.165) is 24.7 Å². The molecule has 0 fully saturated rings. The lowest BCUT2D eigenvalue weighted by molar-refractivity contribution is -0.118. The summed E-state index contributed by atoms with van der Waals surface area (Å²) in [5.41, 5.74) is 4.02. The van der Waals surface area contributed by atoms with Crippen LogP contribution in [0.4, 0.5) is 0 Å². The van der Waals surface area contributed by atoms with Gasteiger partial charge in [-0.05, 0) is 37.5 Å². The van der Waals surface area contributed by atoms with Crippen LogP contribution in [0.2, 0.25) is 0 Å². The van der Waals surface area contributed by atoms with Crippen molar-refractivity contribution in [2.75, 3.05) is 0 Å². The highest BCUT2D eigenvalue weighted by atomic mass is 32.2. The van der Waals surface area contributed by atoms with Crippen molar-refractivity contribution in [3.8, 4) is 0 Å². The summed E-state index contributed by atoms with van der Waals surface area (Å²) in [4.78, 5) is 11.4. The first-order valence-electron chi connectivity index (χ1n) is 6.98. The number of Topliss-reactive ketones (excluding diaryl/α,β-unsaturated/α-hetero) is 1. The van der Waals surface area contributed by atoms with Crippen molar-refractivity contribution in [2.45, 2.75) is 37.0 Å². The lowest BCUT2D eigenvalue weighted by Crippen LogP contribution is -2.03. The summed E-state index contributed by atoms with van der Waals surface area (Å²) in [5.74, 6) is 0.295. The number of hydrogen-bond donors (Lipinski definition) is 0. The van der Waals surface area contributed by atoms with Crippen molar-refractivity contribution in [2.24, 2.45) is 0 Å². The Hall–Kier alpha value is -1.90. The molecule has 0 heterocycles. The third-order valence-electron chi connectivity index (χ3n) is 3.37. The van der Waals surface area contributed by atoms with Crippen LogP contribution in [0.25, 0.3) is 0 Å².